The van der Waals surface area contributed by atoms with Crippen LogP contribution >= 0.6 is 0 Å². The number of nitrogens with one attached hydrogen (secondary N) is 1. The molecule has 1 aliphatic rings. The first-order valence-electron chi connectivity index (χ1n) is 3.85. The molecule has 1 atom stereocenters. The van der Waals surface area contributed by atoms with Gasteiger partial charge in [0.1, 0.15) is 12.7 Å². The van der Waals surface area contributed by atoms with Crippen molar-refractivity contribution in [1.29, 1.82) is 0 Å². The third kappa shape index (κ3) is 3.83. The van der Waals surface area contributed by atoms with Gasteiger partial charge in [-0.15, -0.1) is 0 Å². The Hall–Kier alpha value is -0.770. The number of hydrogen-bond acceptors (Lipinski definition) is 3. The molecule has 0 bridgehead atoms. The molecular weight excluding hydrogens is 146 g/mol. The van der Waals surface area contributed by atoms with E-state index >= 15 is 0 Å². The van der Waals surface area contributed by atoms with Crippen molar-refractivity contribution in [2.75, 3.05) is 19.8 Å². The van der Waals surface area contributed by atoms with Crippen LogP contribution in [-0.2, 0) is 9.47 Å². The van der Waals surface area contributed by atoms with Gasteiger partial charge in [0.15, 0.2) is 0 Å². The fraction of sp³-hybridized carbons (Fsp3) is 0.857. The van der Waals surface area contributed by atoms with E-state index in [0.717, 1.165) is 13.0 Å². The Kier molecular flexibility index (Phi) is 3.16. The summed E-state index contributed by atoms with van der Waals surface area (Å²) in [5.74, 6) is 0. The van der Waals surface area contributed by atoms with Gasteiger partial charge in [-0.2, -0.15) is 0 Å². The monoisotopic (exact) mass is 159 g/mol. The van der Waals surface area contributed by atoms with Gasteiger partial charge in [-0.25, -0.2) is 4.79 Å². The van der Waals surface area contributed by atoms with E-state index in [0.29, 0.717) is 13.2 Å². The highest BCUT2D eigenvalue weighted by molar-refractivity contribution is 5.67. The van der Waals surface area contributed by atoms with Crippen molar-refractivity contribution < 1.29 is 14.3 Å². The molecule has 0 aromatic rings. The lowest BCUT2D eigenvalue weighted by Gasteiger charge is -2.02. The van der Waals surface area contributed by atoms with Gasteiger partial charge < -0.3 is 14.8 Å². The van der Waals surface area contributed by atoms with E-state index in [1.165, 1.54) is 0 Å². The quantitative estimate of drug-likeness (QED) is 0.608. The molecule has 1 fully saturated rings. The van der Waals surface area contributed by atoms with Gasteiger partial charge in [-0.05, 0) is 6.42 Å². The lowest BCUT2D eigenvalue weighted by atomic mass is 10.5. The highest BCUT2D eigenvalue weighted by atomic mass is 16.6. The Morgan fingerprint density at radius 3 is 3.09 bits per heavy atom. The molecule has 1 saturated heterocycles. The standard InChI is InChI=1S/C7H13NO3/c1-2-3-8-7(9)11-5-6-4-10-6/h6H,2-5H2,1H3,(H,8,9). The zero-order chi connectivity index (χ0) is 8.10. The summed E-state index contributed by atoms with van der Waals surface area (Å²) in [6.45, 7) is 3.77. The molecule has 4 heteroatoms. The topological polar surface area (TPSA) is 50.9 Å². The first kappa shape index (κ1) is 8.33. The van der Waals surface area contributed by atoms with Gasteiger partial charge in [0.25, 0.3) is 0 Å². The van der Waals surface area contributed by atoms with Crippen LogP contribution in [0.4, 0.5) is 4.79 Å². The molecule has 1 N–H and O–H groups in total. The Balaban J connectivity index is 1.91. The second kappa shape index (κ2) is 4.18. The number of ether oxygens (including phenoxy) is 2. The number of carbonyl (C=O) groups is 1. The number of alkyl carbamates (subject to hydrolysis) is 1. The molecule has 4 nitrogen and oxygen atoms in total. The van der Waals surface area contributed by atoms with Crippen LogP contribution in [0.15, 0.2) is 0 Å². The fourth-order valence-corrected chi connectivity index (χ4v) is 0.611. The molecule has 0 aromatic carbocycles. The van der Waals surface area contributed by atoms with Crippen molar-refractivity contribution in [3.05, 3.63) is 0 Å². The van der Waals surface area contributed by atoms with Crippen LogP contribution in [0.1, 0.15) is 13.3 Å². The zero-order valence-corrected chi connectivity index (χ0v) is 6.63. The van der Waals surface area contributed by atoms with E-state index in [9.17, 15) is 4.79 Å². The van der Waals surface area contributed by atoms with Gasteiger partial charge >= 0.3 is 6.09 Å². The molecule has 64 valence electrons. The lowest BCUT2D eigenvalue weighted by molar-refractivity contribution is 0.136. The first-order chi connectivity index (χ1) is 5.33. The van der Waals surface area contributed by atoms with Crippen LogP contribution < -0.4 is 5.32 Å². The fourth-order valence-electron chi connectivity index (χ4n) is 0.611. The maximum atomic E-state index is 10.7. The minimum Gasteiger partial charge on any atom is -0.447 e. The van der Waals surface area contributed by atoms with Crippen LogP contribution in [0.5, 0.6) is 0 Å². The van der Waals surface area contributed by atoms with E-state index in [4.69, 9.17) is 9.47 Å². The van der Waals surface area contributed by atoms with Crippen molar-refractivity contribution >= 4 is 6.09 Å². The molecule has 0 aromatic heterocycles. The first-order valence-corrected chi connectivity index (χ1v) is 3.85. The van der Waals surface area contributed by atoms with Crippen LogP contribution in [0.3, 0.4) is 0 Å². The Morgan fingerprint density at radius 2 is 2.55 bits per heavy atom. The van der Waals surface area contributed by atoms with Crippen molar-refractivity contribution in [1.82, 2.24) is 5.32 Å². The van der Waals surface area contributed by atoms with E-state index in [2.05, 4.69) is 5.32 Å². The number of amides is 1. The molecule has 0 saturated carbocycles. The summed E-state index contributed by atoms with van der Waals surface area (Å²) in [7, 11) is 0. The molecule has 1 amide bonds. The van der Waals surface area contributed by atoms with E-state index in [1.54, 1.807) is 0 Å². The molecule has 1 unspecified atom stereocenters. The van der Waals surface area contributed by atoms with Gasteiger partial charge in [-0.3, -0.25) is 0 Å². The predicted octanol–water partition coefficient (Wildman–Crippen LogP) is 0.521. The van der Waals surface area contributed by atoms with Gasteiger partial charge in [-0.1, -0.05) is 6.92 Å². The Morgan fingerprint density at radius 1 is 1.82 bits per heavy atom. The second-order valence-corrected chi connectivity index (χ2v) is 2.48. The van der Waals surface area contributed by atoms with E-state index < -0.39 is 0 Å². The van der Waals surface area contributed by atoms with Crippen molar-refractivity contribution in [3.63, 3.8) is 0 Å². The Labute approximate surface area is 65.9 Å². The minimum atomic E-state index is -0.345. The van der Waals surface area contributed by atoms with Crippen LogP contribution in [0.2, 0.25) is 0 Å². The lowest BCUT2D eigenvalue weighted by Crippen LogP contribution is -2.26. The highest BCUT2D eigenvalue weighted by Crippen LogP contribution is 2.08. The third-order valence-corrected chi connectivity index (χ3v) is 1.32. The van der Waals surface area contributed by atoms with Crippen molar-refractivity contribution in [3.8, 4) is 0 Å². The van der Waals surface area contributed by atoms with Gasteiger partial charge in [0.05, 0.1) is 6.61 Å². The molecule has 1 rings (SSSR count). The predicted molar refractivity (Wildman–Crippen MR) is 39.4 cm³/mol. The summed E-state index contributed by atoms with van der Waals surface area (Å²) in [6.07, 6.45) is 0.736. The number of carbonyl (C=O) groups excluding carboxylic acids is 1. The summed E-state index contributed by atoms with van der Waals surface area (Å²) >= 11 is 0. The second-order valence-electron chi connectivity index (χ2n) is 2.48. The largest absolute Gasteiger partial charge is 0.447 e. The molecule has 0 radical (unpaired) electrons. The summed E-state index contributed by atoms with van der Waals surface area (Å²) in [5.41, 5.74) is 0. The molecule has 1 heterocycles. The van der Waals surface area contributed by atoms with Crippen LogP contribution in [-0.4, -0.2) is 32.0 Å². The summed E-state index contributed by atoms with van der Waals surface area (Å²) in [4.78, 5) is 10.7. The average Bonchev–Trinajstić information content (AvgIpc) is 2.80. The Bertz CT molecular complexity index is 134. The molecule has 1 aliphatic heterocycles. The number of epoxide rings is 1. The maximum Gasteiger partial charge on any atom is 0.407 e. The molecule has 0 aliphatic carbocycles. The smallest absolute Gasteiger partial charge is 0.407 e. The molecule has 0 spiro atoms. The molecule has 11 heavy (non-hydrogen) atoms. The number of hydrogen-bond donors (Lipinski definition) is 1. The normalized spacial score (nSPS) is 21.0. The van der Waals surface area contributed by atoms with Gasteiger partial charge in [0.2, 0.25) is 0 Å². The third-order valence-electron chi connectivity index (χ3n) is 1.32. The van der Waals surface area contributed by atoms with Crippen LogP contribution in [0.25, 0.3) is 0 Å². The van der Waals surface area contributed by atoms with Crippen molar-refractivity contribution in [2.24, 2.45) is 0 Å². The minimum absolute atomic E-state index is 0.155. The number of rotatable bonds is 4. The van der Waals surface area contributed by atoms with E-state index in [1.807, 2.05) is 6.92 Å². The summed E-state index contributed by atoms with van der Waals surface area (Å²) in [6, 6.07) is 0. The van der Waals surface area contributed by atoms with E-state index in [-0.39, 0.29) is 12.2 Å². The summed E-state index contributed by atoms with van der Waals surface area (Å²) < 4.78 is 9.65. The van der Waals surface area contributed by atoms with Gasteiger partial charge in [0, 0.05) is 6.54 Å². The van der Waals surface area contributed by atoms with Crippen molar-refractivity contribution in [2.45, 2.75) is 19.4 Å². The maximum absolute atomic E-state index is 10.7. The SMILES string of the molecule is CCCNC(=O)OCC1CO1. The average molecular weight is 159 g/mol. The summed E-state index contributed by atoms with van der Waals surface area (Å²) in [5, 5.41) is 2.60. The zero-order valence-electron chi connectivity index (χ0n) is 6.63. The van der Waals surface area contributed by atoms with Crippen LogP contribution in [0, 0.1) is 0 Å². The molecular formula is C7H13NO3. The highest BCUT2D eigenvalue weighted by Gasteiger charge is 2.23.